The second-order valence-electron chi connectivity index (χ2n) is 3.27. The molecule has 2 rings (SSSR count). The number of rotatable bonds is 4. The number of aromatic nitrogens is 2. The fourth-order valence-electron chi connectivity index (χ4n) is 1.24. The molecule has 3 N–H and O–H groups in total. The molecule has 5 nitrogen and oxygen atoms in total. The van der Waals surface area contributed by atoms with Gasteiger partial charge in [-0.15, -0.1) is 0 Å². The summed E-state index contributed by atoms with van der Waals surface area (Å²) in [7, 11) is 0. The van der Waals surface area contributed by atoms with E-state index in [1.165, 1.54) is 0 Å². The van der Waals surface area contributed by atoms with Gasteiger partial charge < -0.3 is 10.2 Å². The Morgan fingerprint density at radius 3 is 2.76 bits per heavy atom. The van der Waals surface area contributed by atoms with Gasteiger partial charge in [0, 0.05) is 0 Å². The van der Waals surface area contributed by atoms with Crippen LogP contribution < -0.4 is 16.0 Å². The van der Waals surface area contributed by atoms with E-state index in [-0.39, 0.29) is 11.8 Å². The van der Waals surface area contributed by atoms with Crippen LogP contribution in [0.4, 0.5) is 10.2 Å². The molecule has 0 aliphatic heterocycles. The average molecular weight is 234 g/mol. The highest BCUT2D eigenvalue weighted by molar-refractivity contribution is 5.34. The third-order valence-electron chi connectivity index (χ3n) is 2.07. The van der Waals surface area contributed by atoms with Crippen LogP contribution in [-0.4, -0.2) is 9.97 Å². The highest BCUT2D eigenvalue weighted by Crippen LogP contribution is 2.13. The number of ether oxygens (including phenoxy) is 1. The van der Waals surface area contributed by atoms with Crippen molar-refractivity contribution in [3.05, 3.63) is 47.9 Å². The van der Waals surface area contributed by atoms with Crippen molar-refractivity contribution in [2.45, 2.75) is 6.61 Å². The molecule has 1 aromatic carbocycles. The van der Waals surface area contributed by atoms with Gasteiger partial charge in [0.15, 0.2) is 11.6 Å². The summed E-state index contributed by atoms with van der Waals surface area (Å²) in [5.74, 6) is 4.37. The van der Waals surface area contributed by atoms with Crippen LogP contribution in [0.15, 0.2) is 36.5 Å². The summed E-state index contributed by atoms with van der Waals surface area (Å²) in [6, 6.07) is 9.60. The summed E-state index contributed by atoms with van der Waals surface area (Å²) >= 11 is 0. The largest absolute Gasteiger partial charge is 0.459 e. The Kier molecular flexibility index (Phi) is 3.46. The van der Waals surface area contributed by atoms with Gasteiger partial charge in [0.25, 0.3) is 0 Å². The number of nitrogens with zero attached hydrogens (tertiary/aromatic N) is 2. The van der Waals surface area contributed by atoms with Crippen molar-refractivity contribution in [2.75, 3.05) is 5.43 Å². The lowest BCUT2D eigenvalue weighted by Crippen LogP contribution is -2.12. The summed E-state index contributed by atoms with van der Waals surface area (Å²) in [6.45, 7) is 0.316. The zero-order chi connectivity index (χ0) is 12.1. The van der Waals surface area contributed by atoms with E-state index >= 15 is 0 Å². The minimum Gasteiger partial charge on any atom is -0.459 e. The summed E-state index contributed by atoms with van der Waals surface area (Å²) in [5, 5.41) is 0. The van der Waals surface area contributed by atoms with E-state index in [0.29, 0.717) is 6.61 Å². The van der Waals surface area contributed by atoms with Gasteiger partial charge in [-0.05, 0) is 5.56 Å². The van der Waals surface area contributed by atoms with Crippen molar-refractivity contribution in [3.8, 4) is 6.01 Å². The summed E-state index contributed by atoms with van der Waals surface area (Å²) in [6.07, 6.45) is 1.00. The van der Waals surface area contributed by atoms with E-state index < -0.39 is 5.82 Å². The van der Waals surface area contributed by atoms with Gasteiger partial charge in [0.1, 0.15) is 6.61 Å². The smallest absolute Gasteiger partial charge is 0.318 e. The van der Waals surface area contributed by atoms with E-state index in [1.54, 1.807) is 0 Å². The molecular weight excluding hydrogens is 223 g/mol. The van der Waals surface area contributed by atoms with Gasteiger partial charge in [-0.25, -0.2) is 15.2 Å². The standard InChI is InChI=1S/C11H11FN4O/c12-9-6-14-11(15-10(9)16-13)17-7-8-4-2-1-3-5-8/h1-6H,7,13H2,(H,14,15,16). The molecular formula is C11H11FN4O. The molecule has 1 heterocycles. The maximum absolute atomic E-state index is 13.0. The molecule has 0 amide bonds. The quantitative estimate of drug-likeness (QED) is 0.619. The molecule has 0 bridgehead atoms. The molecule has 0 unspecified atom stereocenters. The van der Waals surface area contributed by atoms with E-state index in [4.69, 9.17) is 10.6 Å². The monoisotopic (exact) mass is 234 g/mol. The molecule has 0 aliphatic rings. The maximum atomic E-state index is 13.0. The molecule has 0 spiro atoms. The van der Waals surface area contributed by atoms with Crippen LogP contribution in [0.3, 0.4) is 0 Å². The van der Waals surface area contributed by atoms with Crippen LogP contribution in [0.2, 0.25) is 0 Å². The van der Waals surface area contributed by atoms with E-state index in [1.807, 2.05) is 30.3 Å². The molecule has 88 valence electrons. The first-order valence-electron chi connectivity index (χ1n) is 4.95. The lowest BCUT2D eigenvalue weighted by Gasteiger charge is -2.06. The normalized spacial score (nSPS) is 10.0. The molecule has 0 fully saturated rings. The van der Waals surface area contributed by atoms with Crippen molar-refractivity contribution in [3.63, 3.8) is 0 Å². The number of hydrazine groups is 1. The molecule has 0 saturated heterocycles. The first-order chi connectivity index (χ1) is 8.29. The van der Waals surface area contributed by atoms with Crippen LogP contribution in [0.5, 0.6) is 6.01 Å². The molecule has 17 heavy (non-hydrogen) atoms. The Balaban J connectivity index is 2.04. The Bertz CT molecular complexity index is 492. The van der Waals surface area contributed by atoms with Crippen molar-refractivity contribution < 1.29 is 9.13 Å². The lowest BCUT2D eigenvalue weighted by atomic mass is 10.2. The van der Waals surface area contributed by atoms with Crippen molar-refractivity contribution in [2.24, 2.45) is 5.84 Å². The second-order valence-corrected chi connectivity index (χ2v) is 3.27. The molecule has 0 saturated carbocycles. The number of anilines is 1. The second kappa shape index (κ2) is 5.22. The van der Waals surface area contributed by atoms with E-state index in [9.17, 15) is 4.39 Å². The van der Waals surface area contributed by atoms with Crippen LogP contribution in [0, 0.1) is 5.82 Å². The molecule has 0 aliphatic carbocycles. The molecule has 0 atom stereocenters. The molecule has 1 aromatic heterocycles. The Labute approximate surface area is 97.4 Å². The SMILES string of the molecule is NNc1nc(OCc2ccccc2)ncc1F. The Hall–Kier alpha value is -2.21. The van der Waals surface area contributed by atoms with Gasteiger partial charge in [-0.2, -0.15) is 4.98 Å². The zero-order valence-electron chi connectivity index (χ0n) is 8.93. The van der Waals surface area contributed by atoms with Crippen LogP contribution in [0.1, 0.15) is 5.56 Å². The lowest BCUT2D eigenvalue weighted by molar-refractivity contribution is 0.280. The van der Waals surface area contributed by atoms with Crippen molar-refractivity contribution >= 4 is 5.82 Å². The van der Waals surface area contributed by atoms with Gasteiger partial charge in [-0.1, -0.05) is 30.3 Å². The maximum Gasteiger partial charge on any atom is 0.318 e. The third kappa shape index (κ3) is 2.88. The first kappa shape index (κ1) is 11.3. The number of nitrogen functional groups attached to an aromatic ring is 1. The number of hydrogen-bond donors (Lipinski definition) is 2. The number of halogens is 1. The number of hydrogen-bond acceptors (Lipinski definition) is 5. The fraction of sp³-hybridized carbons (Fsp3) is 0.0909. The Morgan fingerprint density at radius 2 is 2.06 bits per heavy atom. The molecule has 6 heteroatoms. The molecule has 0 radical (unpaired) electrons. The Morgan fingerprint density at radius 1 is 1.29 bits per heavy atom. The van der Waals surface area contributed by atoms with Crippen molar-refractivity contribution in [1.29, 1.82) is 0 Å². The third-order valence-corrected chi connectivity index (χ3v) is 2.07. The fourth-order valence-corrected chi connectivity index (χ4v) is 1.24. The average Bonchev–Trinajstić information content (AvgIpc) is 2.39. The topological polar surface area (TPSA) is 73.1 Å². The van der Waals surface area contributed by atoms with Gasteiger partial charge in [-0.3, -0.25) is 0 Å². The van der Waals surface area contributed by atoms with E-state index in [0.717, 1.165) is 11.8 Å². The van der Waals surface area contributed by atoms with Crippen LogP contribution >= 0.6 is 0 Å². The predicted octanol–water partition coefficient (Wildman–Crippen LogP) is 1.48. The number of nitrogens with one attached hydrogen (secondary N) is 1. The number of benzene rings is 1. The van der Waals surface area contributed by atoms with Crippen LogP contribution in [-0.2, 0) is 6.61 Å². The molecule has 2 aromatic rings. The zero-order valence-corrected chi connectivity index (χ0v) is 8.93. The number of nitrogens with two attached hydrogens (primary N) is 1. The van der Waals surface area contributed by atoms with Gasteiger partial charge in [0.2, 0.25) is 0 Å². The highest BCUT2D eigenvalue weighted by Gasteiger charge is 2.06. The minimum absolute atomic E-state index is 0.0724. The van der Waals surface area contributed by atoms with E-state index in [2.05, 4.69) is 15.4 Å². The summed E-state index contributed by atoms with van der Waals surface area (Å²) < 4.78 is 18.3. The summed E-state index contributed by atoms with van der Waals surface area (Å²) in [5.41, 5.74) is 3.10. The van der Waals surface area contributed by atoms with Crippen molar-refractivity contribution in [1.82, 2.24) is 9.97 Å². The summed E-state index contributed by atoms with van der Waals surface area (Å²) in [4.78, 5) is 7.46. The first-order valence-corrected chi connectivity index (χ1v) is 4.95. The minimum atomic E-state index is -0.625. The van der Waals surface area contributed by atoms with Gasteiger partial charge >= 0.3 is 6.01 Å². The predicted molar refractivity (Wildman–Crippen MR) is 60.6 cm³/mol. The van der Waals surface area contributed by atoms with Crippen LogP contribution in [0.25, 0.3) is 0 Å². The van der Waals surface area contributed by atoms with Gasteiger partial charge in [0.05, 0.1) is 6.20 Å². The highest BCUT2D eigenvalue weighted by atomic mass is 19.1.